The molecule has 1 saturated heterocycles. The Bertz CT molecular complexity index is 929. The molecule has 1 aliphatic rings. The van der Waals surface area contributed by atoms with E-state index in [0.29, 0.717) is 25.3 Å². The Labute approximate surface area is 179 Å². The van der Waals surface area contributed by atoms with E-state index in [1.54, 1.807) is 16.4 Å². The molecule has 1 amide bonds. The van der Waals surface area contributed by atoms with Gasteiger partial charge in [0.05, 0.1) is 11.0 Å². The topological polar surface area (TPSA) is 75.7 Å². The van der Waals surface area contributed by atoms with Crippen LogP contribution < -0.4 is 5.32 Å². The first-order valence-corrected chi connectivity index (χ1v) is 11.9. The van der Waals surface area contributed by atoms with Gasteiger partial charge in [0.15, 0.2) is 0 Å². The van der Waals surface area contributed by atoms with E-state index in [0.717, 1.165) is 24.8 Å². The third kappa shape index (κ3) is 5.28. The van der Waals surface area contributed by atoms with Crippen molar-refractivity contribution < 1.29 is 17.9 Å². The smallest absolute Gasteiger partial charge is 0.251 e. The molecule has 1 heterocycles. The van der Waals surface area contributed by atoms with Crippen LogP contribution in [0.15, 0.2) is 59.5 Å². The summed E-state index contributed by atoms with van der Waals surface area (Å²) in [6.45, 7) is 5.28. The van der Waals surface area contributed by atoms with Crippen molar-refractivity contribution in [3.8, 4) is 0 Å². The Balaban J connectivity index is 1.66. The standard InChI is InChI=1S/C23H30N2O4S/c1-3-29-22(19-10-5-4-6-11-19)17-24-23(26)20-12-14-21(15-13-20)30(27,28)25-16-8-7-9-18(25)2/h4-6,10-15,18,22H,3,7-9,16-17H2,1-2H3,(H,24,26)/t18-,22+/m1/s1. The third-order valence-corrected chi connectivity index (χ3v) is 7.48. The van der Waals surface area contributed by atoms with Crippen LogP contribution in [0, 0.1) is 0 Å². The maximum atomic E-state index is 12.9. The second-order valence-corrected chi connectivity index (χ2v) is 9.44. The van der Waals surface area contributed by atoms with Gasteiger partial charge < -0.3 is 10.1 Å². The van der Waals surface area contributed by atoms with Gasteiger partial charge in [0.2, 0.25) is 10.0 Å². The van der Waals surface area contributed by atoms with E-state index >= 15 is 0 Å². The lowest BCUT2D eigenvalue weighted by Gasteiger charge is -2.32. The van der Waals surface area contributed by atoms with Gasteiger partial charge in [-0.3, -0.25) is 4.79 Å². The number of nitrogens with zero attached hydrogens (tertiary/aromatic N) is 1. The molecule has 1 aliphatic heterocycles. The summed E-state index contributed by atoms with van der Waals surface area (Å²) in [5.41, 5.74) is 1.42. The van der Waals surface area contributed by atoms with E-state index in [1.807, 2.05) is 44.2 Å². The predicted molar refractivity (Wildman–Crippen MR) is 117 cm³/mol. The Morgan fingerprint density at radius 3 is 2.47 bits per heavy atom. The van der Waals surface area contributed by atoms with Gasteiger partial charge in [-0.2, -0.15) is 4.31 Å². The van der Waals surface area contributed by atoms with Crippen LogP contribution in [0.5, 0.6) is 0 Å². The summed E-state index contributed by atoms with van der Waals surface area (Å²) < 4.78 is 33.2. The molecule has 1 N–H and O–H groups in total. The number of amides is 1. The zero-order valence-corrected chi connectivity index (χ0v) is 18.4. The average Bonchev–Trinajstić information content (AvgIpc) is 2.77. The third-order valence-electron chi connectivity index (χ3n) is 5.45. The quantitative estimate of drug-likeness (QED) is 0.692. The van der Waals surface area contributed by atoms with Gasteiger partial charge in [-0.25, -0.2) is 8.42 Å². The Morgan fingerprint density at radius 2 is 1.83 bits per heavy atom. The number of carbonyl (C=O) groups excluding carboxylic acids is 1. The lowest BCUT2D eigenvalue weighted by molar-refractivity contribution is 0.0586. The van der Waals surface area contributed by atoms with Gasteiger partial charge in [0.25, 0.3) is 5.91 Å². The Hall–Kier alpha value is -2.22. The fourth-order valence-corrected chi connectivity index (χ4v) is 5.47. The van der Waals surface area contributed by atoms with Crippen molar-refractivity contribution in [3.05, 3.63) is 65.7 Å². The molecule has 6 nitrogen and oxygen atoms in total. The number of carbonyl (C=O) groups is 1. The highest BCUT2D eigenvalue weighted by atomic mass is 32.2. The predicted octanol–water partition coefficient (Wildman–Crippen LogP) is 3.76. The highest BCUT2D eigenvalue weighted by Gasteiger charge is 2.30. The highest BCUT2D eigenvalue weighted by Crippen LogP contribution is 2.25. The SMILES string of the molecule is CCO[C@@H](CNC(=O)c1ccc(S(=O)(=O)N2CCCC[C@H]2C)cc1)c1ccccc1. The minimum absolute atomic E-state index is 0.000195. The molecule has 0 unspecified atom stereocenters. The maximum Gasteiger partial charge on any atom is 0.251 e. The Kier molecular flexibility index (Phi) is 7.64. The zero-order chi connectivity index (χ0) is 21.6. The Morgan fingerprint density at radius 1 is 1.13 bits per heavy atom. The number of benzene rings is 2. The fraction of sp³-hybridized carbons (Fsp3) is 0.435. The number of hydrogen-bond donors (Lipinski definition) is 1. The van der Waals surface area contributed by atoms with Crippen molar-refractivity contribution >= 4 is 15.9 Å². The van der Waals surface area contributed by atoms with Crippen LogP contribution in [0.4, 0.5) is 0 Å². The summed E-state index contributed by atoms with van der Waals surface area (Å²) in [6, 6.07) is 15.9. The molecule has 30 heavy (non-hydrogen) atoms. The second-order valence-electron chi connectivity index (χ2n) is 7.55. The molecular weight excluding hydrogens is 400 g/mol. The molecule has 3 rings (SSSR count). The molecule has 0 bridgehead atoms. The van der Waals surface area contributed by atoms with Gasteiger partial charge in [0.1, 0.15) is 0 Å². The van der Waals surface area contributed by atoms with Gasteiger partial charge >= 0.3 is 0 Å². The van der Waals surface area contributed by atoms with E-state index in [2.05, 4.69) is 5.32 Å². The largest absolute Gasteiger partial charge is 0.372 e. The van der Waals surface area contributed by atoms with Crippen LogP contribution in [0.25, 0.3) is 0 Å². The lowest BCUT2D eigenvalue weighted by Crippen LogP contribution is -2.41. The summed E-state index contributed by atoms with van der Waals surface area (Å²) >= 11 is 0. The number of nitrogens with one attached hydrogen (secondary N) is 1. The molecule has 1 fully saturated rings. The minimum atomic E-state index is -3.54. The molecule has 0 spiro atoms. The van der Waals surface area contributed by atoms with Crippen LogP contribution in [0.3, 0.4) is 0 Å². The molecule has 0 aliphatic carbocycles. The van der Waals surface area contributed by atoms with E-state index in [1.165, 1.54) is 12.1 Å². The zero-order valence-electron chi connectivity index (χ0n) is 17.6. The normalized spacial score (nSPS) is 18.7. The monoisotopic (exact) mass is 430 g/mol. The summed E-state index contributed by atoms with van der Waals surface area (Å²) in [5, 5.41) is 2.89. The van der Waals surface area contributed by atoms with Gasteiger partial charge in [0, 0.05) is 31.3 Å². The van der Waals surface area contributed by atoms with Crippen LogP contribution in [-0.4, -0.2) is 44.4 Å². The lowest BCUT2D eigenvalue weighted by atomic mass is 10.1. The van der Waals surface area contributed by atoms with Crippen molar-refractivity contribution in [3.63, 3.8) is 0 Å². The number of ether oxygens (including phenoxy) is 1. The van der Waals surface area contributed by atoms with Crippen LogP contribution in [-0.2, 0) is 14.8 Å². The molecule has 2 aromatic rings. The van der Waals surface area contributed by atoms with E-state index in [9.17, 15) is 13.2 Å². The molecule has 0 saturated carbocycles. The molecular formula is C23H30N2O4S. The maximum absolute atomic E-state index is 12.9. The molecule has 0 aromatic heterocycles. The van der Waals surface area contributed by atoms with E-state index in [4.69, 9.17) is 4.74 Å². The van der Waals surface area contributed by atoms with E-state index in [-0.39, 0.29) is 22.9 Å². The van der Waals surface area contributed by atoms with Gasteiger partial charge in [-0.1, -0.05) is 36.8 Å². The van der Waals surface area contributed by atoms with Crippen molar-refractivity contribution in [2.24, 2.45) is 0 Å². The number of rotatable bonds is 8. The van der Waals surface area contributed by atoms with Gasteiger partial charge in [-0.15, -0.1) is 0 Å². The van der Waals surface area contributed by atoms with Crippen molar-refractivity contribution in [1.82, 2.24) is 9.62 Å². The van der Waals surface area contributed by atoms with Crippen LogP contribution in [0.2, 0.25) is 0 Å². The minimum Gasteiger partial charge on any atom is -0.372 e. The summed E-state index contributed by atoms with van der Waals surface area (Å²) in [6.07, 6.45) is 2.58. The molecule has 7 heteroatoms. The molecule has 0 radical (unpaired) electrons. The van der Waals surface area contributed by atoms with E-state index < -0.39 is 10.0 Å². The fourth-order valence-electron chi connectivity index (χ4n) is 3.77. The first-order chi connectivity index (χ1) is 14.4. The number of hydrogen-bond acceptors (Lipinski definition) is 4. The van der Waals surface area contributed by atoms with Gasteiger partial charge in [-0.05, 0) is 56.5 Å². The summed E-state index contributed by atoms with van der Waals surface area (Å²) in [7, 11) is -3.54. The first-order valence-electron chi connectivity index (χ1n) is 10.5. The second kappa shape index (κ2) is 10.2. The molecule has 2 atom stereocenters. The first kappa shape index (κ1) is 22.5. The van der Waals surface area contributed by atoms with Crippen LogP contribution >= 0.6 is 0 Å². The average molecular weight is 431 g/mol. The molecule has 2 aromatic carbocycles. The highest BCUT2D eigenvalue weighted by molar-refractivity contribution is 7.89. The van der Waals surface area contributed by atoms with Crippen LogP contribution in [0.1, 0.15) is 55.1 Å². The summed E-state index contributed by atoms with van der Waals surface area (Å²) in [4.78, 5) is 12.8. The van der Waals surface area contributed by atoms with Crippen molar-refractivity contribution in [2.75, 3.05) is 19.7 Å². The number of sulfonamides is 1. The van der Waals surface area contributed by atoms with Crippen molar-refractivity contribution in [2.45, 2.75) is 50.2 Å². The summed E-state index contributed by atoms with van der Waals surface area (Å²) in [5.74, 6) is -0.258. The number of piperidine rings is 1. The van der Waals surface area contributed by atoms with Crippen molar-refractivity contribution in [1.29, 1.82) is 0 Å². The molecule has 162 valence electrons.